The minimum Gasteiger partial charge on any atom is -0.481 e. The number of nitrogens with zero attached hydrogens (tertiary/aromatic N) is 2. The van der Waals surface area contributed by atoms with Crippen molar-refractivity contribution in [2.24, 2.45) is 0 Å². The first-order valence-corrected chi connectivity index (χ1v) is 8.12. The van der Waals surface area contributed by atoms with Gasteiger partial charge in [0.15, 0.2) is 29.7 Å². The van der Waals surface area contributed by atoms with Gasteiger partial charge in [0, 0.05) is 6.54 Å². The first kappa shape index (κ1) is 16.7. The van der Waals surface area contributed by atoms with Crippen molar-refractivity contribution in [3.63, 3.8) is 0 Å². The number of ether oxygens (including phenoxy) is 3. The Kier molecular flexibility index (Phi) is 4.49. The molecule has 3 aromatic rings. The number of halogens is 1. The molecule has 8 heteroatoms. The SMILES string of the molecule is N#Cc1nc(COc2ccccc2F)oc1NCc1ccc2c(c1)OCO2. The van der Waals surface area contributed by atoms with Crippen LogP contribution < -0.4 is 19.5 Å². The Bertz CT molecular complexity index is 1010. The number of anilines is 1. The Hall–Kier alpha value is -3.73. The fourth-order valence-electron chi connectivity index (χ4n) is 2.56. The molecule has 1 aliphatic rings. The number of para-hydroxylation sites is 1. The molecule has 0 bridgehead atoms. The molecule has 0 atom stereocenters. The second-order valence-corrected chi connectivity index (χ2v) is 5.66. The molecule has 1 aliphatic heterocycles. The van der Waals surface area contributed by atoms with Crippen molar-refractivity contribution in [2.45, 2.75) is 13.2 Å². The highest BCUT2D eigenvalue weighted by atomic mass is 19.1. The van der Waals surface area contributed by atoms with E-state index in [9.17, 15) is 9.65 Å². The zero-order valence-corrected chi connectivity index (χ0v) is 14.1. The largest absolute Gasteiger partial charge is 0.481 e. The van der Waals surface area contributed by atoms with Crippen molar-refractivity contribution in [3.05, 3.63) is 65.4 Å². The number of rotatable bonds is 6. The molecule has 0 saturated carbocycles. The lowest BCUT2D eigenvalue weighted by Gasteiger charge is -2.05. The monoisotopic (exact) mass is 367 g/mol. The molecule has 0 spiro atoms. The third-order valence-corrected chi connectivity index (χ3v) is 3.86. The first-order chi connectivity index (χ1) is 13.2. The predicted octanol–water partition coefficient (Wildman–Crippen LogP) is 3.61. The second kappa shape index (κ2) is 7.25. The maximum absolute atomic E-state index is 13.6. The van der Waals surface area contributed by atoms with Gasteiger partial charge in [0.05, 0.1) is 0 Å². The number of nitrogens with one attached hydrogen (secondary N) is 1. The number of benzene rings is 2. The summed E-state index contributed by atoms with van der Waals surface area (Å²) in [6.07, 6.45) is 0. The zero-order chi connectivity index (χ0) is 18.6. The van der Waals surface area contributed by atoms with Crippen LogP contribution in [0.25, 0.3) is 0 Å². The van der Waals surface area contributed by atoms with Crippen molar-refractivity contribution >= 4 is 5.88 Å². The van der Waals surface area contributed by atoms with Gasteiger partial charge in [-0.3, -0.25) is 0 Å². The molecule has 4 rings (SSSR count). The van der Waals surface area contributed by atoms with E-state index >= 15 is 0 Å². The second-order valence-electron chi connectivity index (χ2n) is 5.66. The van der Waals surface area contributed by atoms with Gasteiger partial charge < -0.3 is 23.9 Å². The standard InChI is InChI=1S/C19H14FN3O4/c20-13-3-1-2-4-15(13)24-10-18-23-14(8-21)19(27-18)22-9-12-5-6-16-17(7-12)26-11-25-16/h1-7,22H,9-11H2. The van der Waals surface area contributed by atoms with E-state index in [1.165, 1.54) is 12.1 Å². The van der Waals surface area contributed by atoms with E-state index < -0.39 is 5.82 Å². The molecule has 0 aliphatic carbocycles. The lowest BCUT2D eigenvalue weighted by Crippen LogP contribution is -2.00. The van der Waals surface area contributed by atoms with Crippen LogP contribution in [0.4, 0.5) is 10.3 Å². The molecule has 27 heavy (non-hydrogen) atoms. The Morgan fingerprint density at radius 1 is 1.19 bits per heavy atom. The Labute approximate surface area is 153 Å². The Balaban J connectivity index is 1.42. The number of nitriles is 1. The minimum absolute atomic E-state index is 0.0871. The van der Waals surface area contributed by atoms with E-state index in [4.69, 9.17) is 18.6 Å². The summed E-state index contributed by atoms with van der Waals surface area (Å²) in [7, 11) is 0. The van der Waals surface area contributed by atoms with Crippen molar-refractivity contribution in [3.8, 4) is 23.3 Å². The summed E-state index contributed by atoms with van der Waals surface area (Å²) in [6.45, 7) is 0.508. The number of aromatic nitrogens is 1. The van der Waals surface area contributed by atoms with Gasteiger partial charge in [-0.1, -0.05) is 18.2 Å². The Morgan fingerprint density at radius 3 is 2.89 bits per heavy atom. The predicted molar refractivity (Wildman–Crippen MR) is 91.8 cm³/mol. The summed E-state index contributed by atoms with van der Waals surface area (Å²) >= 11 is 0. The molecule has 136 valence electrons. The molecular weight excluding hydrogens is 353 g/mol. The van der Waals surface area contributed by atoms with Crippen LogP contribution in [0.15, 0.2) is 46.9 Å². The molecule has 0 fully saturated rings. The van der Waals surface area contributed by atoms with E-state index in [-0.39, 0.29) is 36.6 Å². The summed E-state index contributed by atoms with van der Waals surface area (Å²) in [4.78, 5) is 4.06. The maximum atomic E-state index is 13.6. The van der Waals surface area contributed by atoms with Crippen LogP contribution in [-0.4, -0.2) is 11.8 Å². The normalized spacial score (nSPS) is 11.9. The van der Waals surface area contributed by atoms with Crippen LogP contribution in [0.5, 0.6) is 17.2 Å². The topological polar surface area (TPSA) is 89.5 Å². The molecular formula is C19H14FN3O4. The van der Waals surface area contributed by atoms with E-state index in [1.54, 1.807) is 12.1 Å². The summed E-state index contributed by atoms with van der Waals surface area (Å²) < 4.78 is 35.1. The highest BCUT2D eigenvalue weighted by Crippen LogP contribution is 2.32. The minimum atomic E-state index is -0.481. The average Bonchev–Trinajstić information content (AvgIpc) is 3.31. The van der Waals surface area contributed by atoms with Gasteiger partial charge in [-0.25, -0.2) is 4.39 Å². The maximum Gasteiger partial charge on any atom is 0.236 e. The van der Waals surface area contributed by atoms with E-state index in [0.717, 1.165) is 5.56 Å². The number of hydrogen-bond acceptors (Lipinski definition) is 7. The van der Waals surface area contributed by atoms with Crippen LogP contribution in [0.1, 0.15) is 17.1 Å². The molecule has 1 N–H and O–H groups in total. The Morgan fingerprint density at radius 2 is 2.04 bits per heavy atom. The van der Waals surface area contributed by atoms with Gasteiger partial charge in [-0.2, -0.15) is 10.2 Å². The van der Waals surface area contributed by atoms with Gasteiger partial charge in [-0.05, 0) is 29.8 Å². The summed E-state index contributed by atoms with van der Waals surface area (Å²) in [6, 6.07) is 13.5. The fourth-order valence-corrected chi connectivity index (χ4v) is 2.56. The molecule has 7 nitrogen and oxygen atoms in total. The summed E-state index contributed by atoms with van der Waals surface area (Å²) in [5.74, 6) is 1.37. The van der Waals surface area contributed by atoms with E-state index in [2.05, 4.69) is 10.3 Å². The third kappa shape index (κ3) is 3.62. The van der Waals surface area contributed by atoms with E-state index in [1.807, 2.05) is 24.3 Å². The molecule has 0 saturated heterocycles. The van der Waals surface area contributed by atoms with E-state index in [0.29, 0.717) is 18.0 Å². The first-order valence-electron chi connectivity index (χ1n) is 8.12. The molecule has 2 heterocycles. The van der Waals surface area contributed by atoms with Gasteiger partial charge >= 0.3 is 0 Å². The molecule has 0 radical (unpaired) electrons. The smallest absolute Gasteiger partial charge is 0.236 e. The highest BCUT2D eigenvalue weighted by molar-refractivity contribution is 5.48. The molecule has 2 aromatic carbocycles. The molecule has 1 aromatic heterocycles. The highest BCUT2D eigenvalue weighted by Gasteiger charge is 2.16. The van der Waals surface area contributed by atoms with Crippen molar-refractivity contribution in [1.29, 1.82) is 5.26 Å². The average molecular weight is 367 g/mol. The zero-order valence-electron chi connectivity index (χ0n) is 14.1. The third-order valence-electron chi connectivity index (χ3n) is 3.86. The van der Waals surface area contributed by atoms with Crippen LogP contribution in [0.2, 0.25) is 0 Å². The summed E-state index contributed by atoms with van der Waals surface area (Å²) in [5.41, 5.74) is 1.02. The molecule has 0 unspecified atom stereocenters. The summed E-state index contributed by atoms with van der Waals surface area (Å²) in [5, 5.41) is 12.3. The van der Waals surface area contributed by atoms with Crippen molar-refractivity contribution < 1.29 is 23.0 Å². The van der Waals surface area contributed by atoms with Crippen LogP contribution in [0.3, 0.4) is 0 Å². The van der Waals surface area contributed by atoms with Crippen LogP contribution in [-0.2, 0) is 13.2 Å². The van der Waals surface area contributed by atoms with Gasteiger partial charge in [-0.15, -0.1) is 0 Å². The lowest BCUT2D eigenvalue weighted by atomic mass is 10.2. The fraction of sp³-hybridized carbons (Fsp3) is 0.158. The quantitative estimate of drug-likeness (QED) is 0.712. The number of hydrogen-bond donors (Lipinski definition) is 1. The lowest BCUT2D eigenvalue weighted by molar-refractivity contribution is 0.174. The van der Waals surface area contributed by atoms with Crippen molar-refractivity contribution in [1.82, 2.24) is 4.98 Å². The molecule has 0 amide bonds. The van der Waals surface area contributed by atoms with Gasteiger partial charge in [0.25, 0.3) is 0 Å². The van der Waals surface area contributed by atoms with Crippen molar-refractivity contribution in [2.75, 3.05) is 12.1 Å². The van der Waals surface area contributed by atoms with Crippen LogP contribution in [0, 0.1) is 17.1 Å². The van der Waals surface area contributed by atoms with Crippen LogP contribution >= 0.6 is 0 Å². The number of oxazole rings is 1. The number of fused-ring (bicyclic) bond motifs is 1. The van der Waals surface area contributed by atoms with Gasteiger partial charge in [0.2, 0.25) is 24.3 Å². The van der Waals surface area contributed by atoms with Gasteiger partial charge in [0.1, 0.15) is 6.07 Å².